The third-order valence-electron chi connectivity index (χ3n) is 3.54. The monoisotopic (exact) mass is 350 g/mol. The molecule has 5 nitrogen and oxygen atoms in total. The minimum atomic E-state index is -0.717. The summed E-state index contributed by atoms with van der Waals surface area (Å²) in [5.74, 6) is -0.304. The molecule has 5 heteroatoms. The Bertz CT molecular complexity index is 528. The van der Waals surface area contributed by atoms with Gasteiger partial charge in [0.05, 0.1) is 12.2 Å². The van der Waals surface area contributed by atoms with E-state index < -0.39 is 11.6 Å². The zero-order chi connectivity index (χ0) is 18.7. The van der Waals surface area contributed by atoms with Crippen LogP contribution < -0.4 is 4.74 Å². The van der Waals surface area contributed by atoms with E-state index >= 15 is 0 Å². The summed E-state index contributed by atoms with van der Waals surface area (Å²) in [5, 5.41) is 8.55. The highest BCUT2D eigenvalue weighted by Crippen LogP contribution is 2.16. The first-order valence-corrected chi connectivity index (χ1v) is 8.96. The fourth-order valence-electron chi connectivity index (χ4n) is 2.30. The molecule has 0 aromatic heterocycles. The van der Waals surface area contributed by atoms with Crippen molar-refractivity contribution in [2.45, 2.75) is 71.3 Å². The lowest BCUT2D eigenvalue weighted by Crippen LogP contribution is -2.23. The van der Waals surface area contributed by atoms with Gasteiger partial charge in [-0.2, -0.15) is 0 Å². The van der Waals surface area contributed by atoms with E-state index in [0.29, 0.717) is 12.2 Å². The second kappa shape index (κ2) is 10.7. The van der Waals surface area contributed by atoms with Crippen molar-refractivity contribution in [2.24, 2.45) is 0 Å². The number of carboxylic acid groups (broad SMARTS) is 1. The zero-order valence-corrected chi connectivity index (χ0v) is 15.5. The molecule has 0 saturated heterocycles. The second-order valence-corrected chi connectivity index (χ2v) is 7.14. The van der Waals surface area contributed by atoms with Crippen LogP contribution in [0.3, 0.4) is 0 Å². The van der Waals surface area contributed by atoms with Gasteiger partial charge in [0, 0.05) is 6.42 Å². The lowest BCUT2D eigenvalue weighted by molar-refractivity contribution is -0.137. The van der Waals surface area contributed by atoms with Crippen LogP contribution in [-0.4, -0.2) is 29.3 Å². The maximum absolute atomic E-state index is 11.9. The average molecular weight is 350 g/mol. The zero-order valence-electron chi connectivity index (χ0n) is 15.5. The topological polar surface area (TPSA) is 72.8 Å². The summed E-state index contributed by atoms with van der Waals surface area (Å²) < 4.78 is 11.0. The summed E-state index contributed by atoms with van der Waals surface area (Å²) in [5.41, 5.74) is 0.0171. The molecule has 1 aromatic carbocycles. The van der Waals surface area contributed by atoms with Crippen molar-refractivity contribution >= 4 is 11.9 Å². The Balaban J connectivity index is 2.15. The van der Waals surface area contributed by atoms with Crippen molar-refractivity contribution < 1.29 is 24.2 Å². The number of aliphatic carboxylic acids is 1. The van der Waals surface area contributed by atoms with Crippen LogP contribution in [0.15, 0.2) is 24.3 Å². The number of rotatable bonds is 11. The third kappa shape index (κ3) is 10.4. The number of esters is 1. The van der Waals surface area contributed by atoms with Crippen molar-refractivity contribution in [3.63, 3.8) is 0 Å². The van der Waals surface area contributed by atoms with Crippen LogP contribution in [-0.2, 0) is 9.53 Å². The average Bonchev–Trinajstić information content (AvgIpc) is 2.52. The van der Waals surface area contributed by atoms with Gasteiger partial charge in [0.25, 0.3) is 0 Å². The molecule has 0 radical (unpaired) electrons. The van der Waals surface area contributed by atoms with Crippen LogP contribution in [0.2, 0.25) is 0 Å². The molecule has 1 rings (SSSR count). The van der Waals surface area contributed by atoms with Gasteiger partial charge in [-0.3, -0.25) is 4.79 Å². The molecule has 0 aliphatic rings. The van der Waals surface area contributed by atoms with Gasteiger partial charge in [-0.1, -0.05) is 25.7 Å². The molecule has 0 unspecified atom stereocenters. The van der Waals surface area contributed by atoms with E-state index in [2.05, 4.69) is 0 Å². The number of benzene rings is 1. The van der Waals surface area contributed by atoms with E-state index in [1.54, 1.807) is 24.3 Å². The Labute approximate surface area is 150 Å². The third-order valence-corrected chi connectivity index (χ3v) is 3.54. The summed E-state index contributed by atoms with van der Waals surface area (Å²) in [6.45, 7) is 6.17. The molecule has 0 bridgehead atoms. The maximum atomic E-state index is 11.9. The fraction of sp³-hybridized carbons (Fsp3) is 0.600. The van der Waals surface area contributed by atoms with Gasteiger partial charge >= 0.3 is 11.9 Å². The van der Waals surface area contributed by atoms with E-state index in [1.807, 2.05) is 20.8 Å². The van der Waals surface area contributed by atoms with Crippen molar-refractivity contribution in [3.05, 3.63) is 29.8 Å². The molecule has 1 aromatic rings. The Morgan fingerprint density at radius 2 is 1.48 bits per heavy atom. The van der Waals surface area contributed by atoms with Gasteiger partial charge in [-0.05, 0) is 57.9 Å². The van der Waals surface area contributed by atoms with Crippen LogP contribution in [0, 0.1) is 0 Å². The molecule has 140 valence electrons. The fourth-order valence-corrected chi connectivity index (χ4v) is 2.30. The number of hydrogen-bond acceptors (Lipinski definition) is 4. The van der Waals surface area contributed by atoms with Crippen LogP contribution in [0.4, 0.5) is 0 Å². The van der Waals surface area contributed by atoms with E-state index in [4.69, 9.17) is 14.6 Å². The normalized spacial score (nSPS) is 11.2. The van der Waals surface area contributed by atoms with Gasteiger partial charge in [0.15, 0.2) is 0 Å². The standard InChI is InChI=1S/C20H30O5/c1-20(2,3)25-19(23)16-11-13-17(14-12-16)24-15-9-7-5-4-6-8-10-18(21)22/h11-14H,4-10,15H2,1-3H3,(H,21,22). The number of carbonyl (C=O) groups is 2. The number of carboxylic acids is 1. The predicted molar refractivity (Wildman–Crippen MR) is 97.1 cm³/mol. The van der Waals surface area contributed by atoms with Gasteiger partial charge in [-0.15, -0.1) is 0 Å². The lowest BCUT2D eigenvalue weighted by Gasteiger charge is -2.19. The van der Waals surface area contributed by atoms with Crippen molar-refractivity contribution in [2.75, 3.05) is 6.61 Å². The molecule has 0 aliphatic heterocycles. The lowest BCUT2D eigenvalue weighted by atomic mass is 10.1. The highest BCUT2D eigenvalue weighted by atomic mass is 16.6. The molecule has 0 amide bonds. The van der Waals surface area contributed by atoms with Gasteiger partial charge in [0.2, 0.25) is 0 Å². The molecule has 0 atom stereocenters. The second-order valence-electron chi connectivity index (χ2n) is 7.14. The van der Waals surface area contributed by atoms with Gasteiger partial charge in [0.1, 0.15) is 11.4 Å². The van der Waals surface area contributed by atoms with Crippen LogP contribution in [0.1, 0.15) is 76.1 Å². The molecule has 0 fully saturated rings. The summed E-state index contributed by atoms with van der Waals surface area (Å²) in [6, 6.07) is 6.99. The maximum Gasteiger partial charge on any atom is 0.338 e. The molecular formula is C20H30O5. The van der Waals surface area contributed by atoms with Crippen LogP contribution in [0.25, 0.3) is 0 Å². The Hall–Kier alpha value is -2.04. The number of unbranched alkanes of at least 4 members (excludes halogenated alkanes) is 5. The van der Waals surface area contributed by atoms with Crippen molar-refractivity contribution in [1.29, 1.82) is 0 Å². The SMILES string of the molecule is CC(C)(C)OC(=O)c1ccc(OCCCCCCCCC(=O)O)cc1. The highest BCUT2D eigenvalue weighted by molar-refractivity contribution is 5.89. The molecule has 0 heterocycles. The van der Waals surface area contributed by atoms with E-state index in [-0.39, 0.29) is 12.4 Å². The van der Waals surface area contributed by atoms with Crippen molar-refractivity contribution in [3.8, 4) is 5.75 Å². The molecule has 0 aliphatic carbocycles. The number of carbonyl (C=O) groups excluding carboxylic acids is 1. The highest BCUT2D eigenvalue weighted by Gasteiger charge is 2.17. The van der Waals surface area contributed by atoms with E-state index in [0.717, 1.165) is 44.3 Å². The first-order chi connectivity index (χ1) is 11.8. The van der Waals surface area contributed by atoms with Crippen LogP contribution >= 0.6 is 0 Å². The van der Waals surface area contributed by atoms with E-state index in [1.165, 1.54) is 0 Å². The Kier molecular flexibility index (Phi) is 9.03. The minimum Gasteiger partial charge on any atom is -0.494 e. The van der Waals surface area contributed by atoms with E-state index in [9.17, 15) is 9.59 Å². The molecule has 0 spiro atoms. The largest absolute Gasteiger partial charge is 0.494 e. The summed E-state index contributed by atoms with van der Waals surface area (Å²) in [7, 11) is 0. The minimum absolute atomic E-state index is 0.266. The summed E-state index contributed by atoms with van der Waals surface area (Å²) in [4.78, 5) is 22.3. The molecule has 25 heavy (non-hydrogen) atoms. The molecular weight excluding hydrogens is 320 g/mol. The summed E-state index contributed by atoms with van der Waals surface area (Å²) in [6.07, 6.45) is 6.20. The molecule has 0 saturated carbocycles. The number of ether oxygens (including phenoxy) is 2. The predicted octanol–water partition coefficient (Wildman–Crippen LogP) is 4.84. The first kappa shape index (κ1) is 21.0. The van der Waals surface area contributed by atoms with Crippen LogP contribution in [0.5, 0.6) is 5.75 Å². The first-order valence-electron chi connectivity index (χ1n) is 8.96. The van der Waals surface area contributed by atoms with Crippen molar-refractivity contribution in [1.82, 2.24) is 0 Å². The molecule has 1 N–H and O–H groups in total. The number of hydrogen-bond donors (Lipinski definition) is 1. The Morgan fingerprint density at radius 1 is 0.920 bits per heavy atom. The van der Waals surface area contributed by atoms with Gasteiger partial charge < -0.3 is 14.6 Å². The quantitative estimate of drug-likeness (QED) is 0.457. The van der Waals surface area contributed by atoms with Gasteiger partial charge in [-0.25, -0.2) is 4.79 Å². The smallest absolute Gasteiger partial charge is 0.338 e. The summed E-state index contributed by atoms with van der Waals surface area (Å²) >= 11 is 0. The Morgan fingerprint density at radius 3 is 2.04 bits per heavy atom.